The Balaban J connectivity index is 2.08. The molecule has 144 valence electrons. The second-order valence-electron chi connectivity index (χ2n) is 6.20. The number of thioether (sulfide) groups is 1. The Morgan fingerprint density at radius 2 is 1.89 bits per heavy atom. The van der Waals surface area contributed by atoms with Gasteiger partial charge in [-0.15, -0.1) is 0 Å². The Hall–Kier alpha value is -2.61. The van der Waals surface area contributed by atoms with Gasteiger partial charge in [0.2, 0.25) is 5.91 Å². The number of nitrogen functional groups attached to an aromatic ring is 1. The molecule has 1 aromatic carbocycles. The van der Waals surface area contributed by atoms with Crippen LogP contribution in [0, 0.1) is 20.8 Å². The summed E-state index contributed by atoms with van der Waals surface area (Å²) in [5, 5.41) is 2.84. The van der Waals surface area contributed by atoms with E-state index in [0.29, 0.717) is 5.16 Å². The molecule has 8 heteroatoms. The molecule has 27 heavy (non-hydrogen) atoms. The monoisotopic (exact) mass is 388 g/mol. The minimum absolute atomic E-state index is 0.0313. The molecule has 7 nitrogen and oxygen atoms in total. The summed E-state index contributed by atoms with van der Waals surface area (Å²) >= 11 is 1.17. The molecule has 1 heterocycles. The first-order valence-electron chi connectivity index (χ1n) is 8.58. The SMILES string of the molecule is CCOC(=O)c1cnc(S[C@H](C)C(=O)Nc2c(C)cc(C)cc2C)nc1N. The number of aryl methyl sites for hydroxylation is 3. The van der Waals surface area contributed by atoms with Crippen molar-refractivity contribution in [1.82, 2.24) is 9.97 Å². The smallest absolute Gasteiger partial charge is 0.343 e. The molecule has 0 unspecified atom stereocenters. The predicted octanol–water partition coefficient (Wildman–Crippen LogP) is 3.28. The molecular formula is C19H24N4O3S. The van der Waals surface area contributed by atoms with E-state index in [0.717, 1.165) is 22.4 Å². The topological polar surface area (TPSA) is 107 Å². The molecule has 0 fully saturated rings. The summed E-state index contributed by atoms with van der Waals surface area (Å²) in [6, 6.07) is 4.05. The zero-order valence-corrected chi connectivity index (χ0v) is 16.9. The first-order chi connectivity index (χ1) is 12.7. The van der Waals surface area contributed by atoms with Crippen molar-refractivity contribution in [1.29, 1.82) is 0 Å². The van der Waals surface area contributed by atoms with Gasteiger partial charge in [0.25, 0.3) is 0 Å². The fraction of sp³-hybridized carbons (Fsp3) is 0.368. The second-order valence-corrected chi connectivity index (χ2v) is 7.50. The Kier molecular flexibility index (Phi) is 6.79. The number of hydrogen-bond donors (Lipinski definition) is 2. The quantitative estimate of drug-likeness (QED) is 0.444. The maximum Gasteiger partial charge on any atom is 0.343 e. The molecule has 1 amide bonds. The molecule has 0 aliphatic heterocycles. The second kappa shape index (κ2) is 8.85. The number of ether oxygens (including phenoxy) is 1. The van der Waals surface area contributed by atoms with E-state index >= 15 is 0 Å². The van der Waals surface area contributed by atoms with E-state index in [1.807, 2.05) is 32.9 Å². The lowest BCUT2D eigenvalue weighted by atomic mass is 10.1. The van der Waals surface area contributed by atoms with Crippen molar-refractivity contribution < 1.29 is 14.3 Å². The van der Waals surface area contributed by atoms with Crippen LogP contribution in [0.2, 0.25) is 0 Å². The number of amides is 1. The minimum Gasteiger partial charge on any atom is -0.462 e. The van der Waals surface area contributed by atoms with Gasteiger partial charge in [0.15, 0.2) is 5.16 Å². The summed E-state index contributed by atoms with van der Waals surface area (Å²) in [4.78, 5) is 32.5. The van der Waals surface area contributed by atoms with E-state index in [-0.39, 0.29) is 23.9 Å². The van der Waals surface area contributed by atoms with Gasteiger partial charge in [-0.25, -0.2) is 14.8 Å². The zero-order valence-electron chi connectivity index (χ0n) is 16.1. The lowest BCUT2D eigenvalue weighted by Gasteiger charge is -2.16. The highest BCUT2D eigenvalue weighted by Gasteiger charge is 2.20. The van der Waals surface area contributed by atoms with Crippen molar-refractivity contribution in [2.75, 3.05) is 17.7 Å². The van der Waals surface area contributed by atoms with Crippen molar-refractivity contribution in [2.45, 2.75) is 45.0 Å². The van der Waals surface area contributed by atoms with Crippen molar-refractivity contribution in [2.24, 2.45) is 0 Å². The Morgan fingerprint density at radius 3 is 2.44 bits per heavy atom. The molecule has 2 aromatic rings. The number of benzene rings is 1. The molecular weight excluding hydrogens is 364 g/mol. The van der Waals surface area contributed by atoms with Crippen LogP contribution in [0.25, 0.3) is 0 Å². The van der Waals surface area contributed by atoms with E-state index in [2.05, 4.69) is 15.3 Å². The van der Waals surface area contributed by atoms with Crippen LogP contribution in [0.4, 0.5) is 11.5 Å². The summed E-state index contributed by atoms with van der Waals surface area (Å²) in [6.07, 6.45) is 1.32. The van der Waals surface area contributed by atoms with Crippen LogP contribution in [0.1, 0.15) is 40.9 Å². The Bertz CT molecular complexity index is 847. The van der Waals surface area contributed by atoms with E-state index in [9.17, 15) is 9.59 Å². The van der Waals surface area contributed by atoms with E-state index in [1.165, 1.54) is 18.0 Å². The molecule has 3 N–H and O–H groups in total. The number of nitrogens with two attached hydrogens (primary N) is 1. The van der Waals surface area contributed by atoms with Crippen molar-refractivity contribution in [3.63, 3.8) is 0 Å². The number of esters is 1. The lowest BCUT2D eigenvalue weighted by molar-refractivity contribution is -0.115. The molecule has 0 aliphatic carbocycles. The largest absolute Gasteiger partial charge is 0.462 e. The number of carbonyl (C=O) groups is 2. The molecule has 0 radical (unpaired) electrons. The number of anilines is 2. The van der Waals surface area contributed by atoms with Gasteiger partial charge in [-0.1, -0.05) is 29.5 Å². The minimum atomic E-state index is -0.567. The van der Waals surface area contributed by atoms with Gasteiger partial charge in [0.1, 0.15) is 11.4 Å². The van der Waals surface area contributed by atoms with Crippen LogP contribution in [0.5, 0.6) is 0 Å². The first-order valence-corrected chi connectivity index (χ1v) is 9.45. The highest BCUT2D eigenvalue weighted by atomic mass is 32.2. The first kappa shape index (κ1) is 20.7. The van der Waals surface area contributed by atoms with Crippen molar-refractivity contribution in [3.05, 3.63) is 40.6 Å². The highest BCUT2D eigenvalue weighted by Crippen LogP contribution is 2.26. The number of rotatable bonds is 6. The fourth-order valence-electron chi connectivity index (χ4n) is 2.61. The third kappa shape index (κ3) is 5.19. The lowest BCUT2D eigenvalue weighted by Crippen LogP contribution is -2.24. The van der Waals surface area contributed by atoms with Crippen LogP contribution in [0.3, 0.4) is 0 Å². The molecule has 2 rings (SSSR count). The van der Waals surface area contributed by atoms with Crippen LogP contribution >= 0.6 is 11.8 Å². The van der Waals surface area contributed by atoms with E-state index in [4.69, 9.17) is 10.5 Å². The molecule has 0 aliphatic rings. The third-order valence-electron chi connectivity index (χ3n) is 3.87. The van der Waals surface area contributed by atoms with Gasteiger partial charge in [0, 0.05) is 11.9 Å². The standard InChI is InChI=1S/C19H24N4O3S/c1-6-26-18(25)14-9-21-19(23-16(14)20)27-13(5)17(24)22-15-11(3)7-10(2)8-12(15)4/h7-9,13H,6H2,1-5H3,(H,22,24)(H2,20,21,23)/t13-/m1/s1. The van der Waals surface area contributed by atoms with Gasteiger partial charge >= 0.3 is 5.97 Å². The average Bonchev–Trinajstić information content (AvgIpc) is 2.58. The molecule has 0 saturated heterocycles. The number of carbonyl (C=O) groups excluding carboxylic acids is 2. The number of nitrogens with one attached hydrogen (secondary N) is 1. The van der Waals surface area contributed by atoms with E-state index < -0.39 is 11.2 Å². The van der Waals surface area contributed by atoms with Gasteiger partial charge in [-0.3, -0.25) is 4.79 Å². The Morgan fingerprint density at radius 1 is 1.26 bits per heavy atom. The van der Waals surface area contributed by atoms with Crippen LogP contribution in [-0.2, 0) is 9.53 Å². The summed E-state index contributed by atoms with van der Waals surface area (Å²) < 4.78 is 4.90. The zero-order chi connectivity index (χ0) is 20.1. The number of nitrogens with zero attached hydrogens (tertiary/aromatic N) is 2. The van der Waals surface area contributed by atoms with Gasteiger partial charge in [-0.2, -0.15) is 0 Å². The molecule has 1 atom stereocenters. The molecule has 0 bridgehead atoms. The van der Waals surface area contributed by atoms with Crippen molar-refractivity contribution >= 4 is 35.1 Å². The summed E-state index contributed by atoms with van der Waals surface area (Å²) in [5.41, 5.74) is 9.92. The Labute approximate surface area is 163 Å². The van der Waals surface area contributed by atoms with Crippen LogP contribution in [-0.4, -0.2) is 33.7 Å². The van der Waals surface area contributed by atoms with Gasteiger partial charge in [0.05, 0.1) is 11.9 Å². The highest BCUT2D eigenvalue weighted by molar-refractivity contribution is 8.00. The normalized spacial score (nSPS) is 11.7. The third-order valence-corrected chi connectivity index (χ3v) is 4.84. The van der Waals surface area contributed by atoms with Gasteiger partial charge < -0.3 is 15.8 Å². The maximum absolute atomic E-state index is 12.6. The maximum atomic E-state index is 12.6. The predicted molar refractivity (Wildman–Crippen MR) is 107 cm³/mol. The fourth-order valence-corrected chi connectivity index (χ4v) is 3.36. The van der Waals surface area contributed by atoms with Crippen molar-refractivity contribution in [3.8, 4) is 0 Å². The number of aromatic nitrogens is 2. The van der Waals surface area contributed by atoms with Crippen LogP contribution in [0.15, 0.2) is 23.5 Å². The van der Waals surface area contributed by atoms with E-state index in [1.54, 1.807) is 13.8 Å². The summed E-state index contributed by atoms with van der Waals surface area (Å²) in [7, 11) is 0. The van der Waals surface area contributed by atoms with Gasteiger partial charge in [-0.05, 0) is 45.7 Å². The van der Waals surface area contributed by atoms with Crippen LogP contribution < -0.4 is 11.1 Å². The average molecular weight is 388 g/mol. The molecule has 1 aromatic heterocycles. The molecule has 0 saturated carbocycles. The summed E-state index contributed by atoms with van der Waals surface area (Å²) in [5.74, 6) is -0.696. The number of hydrogen-bond acceptors (Lipinski definition) is 7. The molecule has 0 spiro atoms. The summed E-state index contributed by atoms with van der Waals surface area (Å²) in [6.45, 7) is 9.65.